The van der Waals surface area contributed by atoms with E-state index in [1.807, 2.05) is 59.4 Å². The Hall–Kier alpha value is -3.25. The zero-order valence-corrected chi connectivity index (χ0v) is 16.8. The molecule has 3 aromatic rings. The summed E-state index contributed by atoms with van der Waals surface area (Å²) in [6, 6.07) is 16.7. The minimum Gasteiger partial charge on any atom is -0.496 e. The van der Waals surface area contributed by atoms with E-state index in [1.54, 1.807) is 12.1 Å². The van der Waals surface area contributed by atoms with Gasteiger partial charge in [-0.25, -0.2) is 0 Å². The lowest BCUT2D eigenvalue weighted by Gasteiger charge is -2.13. The minimum absolute atomic E-state index is 0.137. The van der Waals surface area contributed by atoms with Crippen LogP contribution in [0, 0.1) is 0 Å². The summed E-state index contributed by atoms with van der Waals surface area (Å²) < 4.78 is 7.20. The predicted octanol–water partition coefficient (Wildman–Crippen LogP) is 3.58. The van der Waals surface area contributed by atoms with Gasteiger partial charge in [-0.2, -0.15) is 0 Å². The first-order valence-corrected chi connectivity index (χ1v) is 9.56. The fourth-order valence-electron chi connectivity index (χ4n) is 2.85. The van der Waals surface area contributed by atoms with Crippen molar-refractivity contribution in [3.05, 3.63) is 83.1 Å². The fraction of sp³-hybridized carbons (Fsp3) is 0.182. The maximum atomic E-state index is 12.5. The lowest BCUT2D eigenvalue weighted by atomic mass is 10.1. The van der Waals surface area contributed by atoms with Crippen LogP contribution in [0.25, 0.3) is 5.69 Å². The first kappa shape index (κ1) is 20.5. The zero-order chi connectivity index (χ0) is 20.6. The van der Waals surface area contributed by atoms with Crippen LogP contribution < -0.4 is 15.4 Å². The first-order valence-electron chi connectivity index (χ1n) is 9.18. The summed E-state index contributed by atoms with van der Waals surface area (Å²) in [6.45, 7) is 0.664. The molecule has 0 aliphatic carbocycles. The van der Waals surface area contributed by atoms with Crippen LogP contribution in [0.4, 0.5) is 0 Å². The van der Waals surface area contributed by atoms with E-state index in [4.69, 9.17) is 16.3 Å². The maximum Gasteiger partial charge on any atom is 0.255 e. The highest BCUT2D eigenvalue weighted by Crippen LogP contribution is 2.29. The molecule has 150 valence electrons. The van der Waals surface area contributed by atoms with Crippen molar-refractivity contribution < 1.29 is 14.3 Å². The van der Waals surface area contributed by atoms with Crippen LogP contribution >= 0.6 is 11.6 Å². The molecule has 0 fully saturated rings. The predicted molar refractivity (Wildman–Crippen MR) is 113 cm³/mol. The molecular weight excluding hydrogens is 390 g/mol. The molecule has 0 saturated heterocycles. The molecular formula is C22H22ClN3O3. The molecule has 0 unspecified atom stereocenters. The van der Waals surface area contributed by atoms with Crippen molar-refractivity contribution in [2.24, 2.45) is 0 Å². The third kappa shape index (κ3) is 5.39. The molecule has 0 aliphatic rings. The molecule has 2 aromatic carbocycles. The highest BCUT2D eigenvalue weighted by Gasteiger charge is 2.16. The van der Waals surface area contributed by atoms with Crippen LogP contribution in [0.3, 0.4) is 0 Å². The largest absolute Gasteiger partial charge is 0.496 e. The van der Waals surface area contributed by atoms with E-state index in [2.05, 4.69) is 10.6 Å². The average Bonchev–Trinajstić information content (AvgIpc) is 3.27. The Kier molecular flexibility index (Phi) is 6.92. The van der Waals surface area contributed by atoms with Gasteiger partial charge in [-0.15, -0.1) is 0 Å². The molecule has 0 radical (unpaired) electrons. The summed E-state index contributed by atoms with van der Waals surface area (Å²) in [6.07, 6.45) is 3.89. The van der Waals surface area contributed by atoms with E-state index in [0.29, 0.717) is 28.6 Å². The number of hydrogen-bond donors (Lipinski definition) is 2. The maximum absolute atomic E-state index is 12.5. The van der Waals surface area contributed by atoms with Gasteiger partial charge < -0.3 is 19.9 Å². The van der Waals surface area contributed by atoms with E-state index < -0.39 is 0 Å². The van der Waals surface area contributed by atoms with Crippen molar-refractivity contribution in [3.63, 3.8) is 0 Å². The molecule has 1 heterocycles. The van der Waals surface area contributed by atoms with Gasteiger partial charge in [-0.1, -0.05) is 41.9 Å². The second-order valence-electron chi connectivity index (χ2n) is 6.36. The summed E-state index contributed by atoms with van der Waals surface area (Å²) in [4.78, 5) is 24.5. The Balaban J connectivity index is 1.56. The lowest BCUT2D eigenvalue weighted by molar-refractivity contribution is -0.121. The van der Waals surface area contributed by atoms with E-state index >= 15 is 0 Å². The quantitative estimate of drug-likeness (QED) is 0.595. The van der Waals surface area contributed by atoms with E-state index in [-0.39, 0.29) is 24.8 Å². The van der Waals surface area contributed by atoms with Crippen LogP contribution in [0.1, 0.15) is 22.3 Å². The van der Waals surface area contributed by atoms with Gasteiger partial charge in [0.2, 0.25) is 5.91 Å². The Morgan fingerprint density at radius 1 is 1.03 bits per heavy atom. The highest BCUT2D eigenvalue weighted by atomic mass is 35.5. The number of methoxy groups -OCH3 is 1. The van der Waals surface area contributed by atoms with Gasteiger partial charge in [-0.3, -0.25) is 9.59 Å². The monoisotopic (exact) mass is 411 g/mol. The smallest absolute Gasteiger partial charge is 0.255 e. The number of amides is 2. The topological polar surface area (TPSA) is 72.4 Å². The Bertz CT molecular complexity index is 972. The Labute approximate surface area is 174 Å². The normalized spacial score (nSPS) is 10.4. The number of carbonyl (C=O) groups is 2. The Morgan fingerprint density at radius 3 is 2.45 bits per heavy atom. The van der Waals surface area contributed by atoms with Crippen LogP contribution in [-0.2, 0) is 11.3 Å². The van der Waals surface area contributed by atoms with Gasteiger partial charge in [0.05, 0.1) is 23.4 Å². The van der Waals surface area contributed by atoms with E-state index in [9.17, 15) is 9.59 Å². The molecule has 7 heteroatoms. The van der Waals surface area contributed by atoms with Crippen LogP contribution in [0.5, 0.6) is 5.75 Å². The number of nitrogens with zero attached hydrogens (tertiary/aromatic N) is 1. The number of ether oxygens (including phenoxy) is 1. The fourth-order valence-corrected chi connectivity index (χ4v) is 3.11. The summed E-state index contributed by atoms with van der Waals surface area (Å²) in [5, 5.41) is 5.99. The molecule has 1 aromatic heterocycles. The Morgan fingerprint density at radius 2 is 1.76 bits per heavy atom. The molecule has 3 rings (SSSR count). The van der Waals surface area contributed by atoms with Crippen molar-refractivity contribution in [1.29, 1.82) is 0 Å². The number of aromatic nitrogens is 1. The number of carbonyl (C=O) groups excluding carboxylic acids is 2. The van der Waals surface area contributed by atoms with Crippen LogP contribution in [0.15, 0.2) is 67.0 Å². The van der Waals surface area contributed by atoms with Gasteiger partial charge in [0.15, 0.2) is 0 Å². The standard InChI is InChI=1S/C22H22ClN3O3/c1-29-20-14-19(26-11-5-6-12-26)18(23)13-17(20)22(28)24-10-9-21(27)25-15-16-7-3-2-4-8-16/h2-8,11-14H,9-10,15H2,1H3,(H,24,28)(H,25,27). The second kappa shape index (κ2) is 9.80. The number of rotatable bonds is 8. The van der Waals surface area contributed by atoms with Crippen LogP contribution in [0.2, 0.25) is 5.02 Å². The molecule has 0 saturated carbocycles. The summed E-state index contributed by atoms with van der Waals surface area (Å²) in [5.74, 6) is -0.0788. The van der Waals surface area contributed by atoms with Gasteiger partial charge in [0.1, 0.15) is 5.75 Å². The minimum atomic E-state index is -0.348. The van der Waals surface area contributed by atoms with E-state index in [0.717, 1.165) is 5.56 Å². The molecule has 0 aliphatic heterocycles. The molecule has 2 amide bonds. The van der Waals surface area contributed by atoms with Crippen molar-refractivity contribution in [1.82, 2.24) is 15.2 Å². The molecule has 0 bridgehead atoms. The van der Waals surface area contributed by atoms with Crippen molar-refractivity contribution in [2.45, 2.75) is 13.0 Å². The number of benzene rings is 2. The van der Waals surface area contributed by atoms with Crippen molar-refractivity contribution in [2.75, 3.05) is 13.7 Å². The van der Waals surface area contributed by atoms with Gasteiger partial charge in [0, 0.05) is 38.0 Å². The van der Waals surface area contributed by atoms with Gasteiger partial charge in [-0.05, 0) is 23.8 Å². The molecule has 29 heavy (non-hydrogen) atoms. The zero-order valence-electron chi connectivity index (χ0n) is 16.0. The second-order valence-corrected chi connectivity index (χ2v) is 6.77. The van der Waals surface area contributed by atoms with Gasteiger partial charge >= 0.3 is 0 Å². The SMILES string of the molecule is COc1cc(-n2cccc2)c(Cl)cc1C(=O)NCCC(=O)NCc1ccccc1. The molecule has 0 atom stereocenters. The highest BCUT2D eigenvalue weighted by molar-refractivity contribution is 6.33. The number of halogens is 1. The van der Waals surface area contributed by atoms with Crippen molar-refractivity contribution in [3.8, 4) is 11.4 Å². The van der Waals surface area contributed by atoms with Crippen molar-refractivity contribution >= 4 is 23.4 Å². The molecule has 2 N–H and O–H groups in total. The number of hydrogen-bond acceptors (Lipinski definition) is 3. The lowest BCUT2D eigenvalue weighted by Crippen LogP contribution is -2.30. The molecule has 6 nitrogen and oxygen atoms in total. The third-order valence-electron chi connectivity index (χ3n) is 4.37. The summed E-state index contributed by atoms with van der Waals surface area (Å²) in [5.41, 5.74) is 2.05. The summed E-state index contributed by atoms with van der Waals surface area (Å²) >= 11 is 6.36. The third-order valence-corrected chi connectivity index (χ3v) is 4.67. The van der Waals surface area contributed by atoms with Crippen LogP contribution in [-0.4, -0.2) is 30.0 Å². The van der Waals surface area contributed by atoms with Gasteiger partial charge in [0.25, 0.3) is 5.91 Å². The average molecular weight is 412 g/mol. The summed E-state index contributed by atoms with van der Waals surface area (Å²) in [7, 11) is 1.50. The first-order chi connectivity index (χ1) is 14.1. The molecule has 0 spiro atoms. The number of nitrogens with one attached hydrogen (secondary N) is 2. The van der Waals surface area contributed by atoms with E-state index in [1.165, 1.54) is 7.11 Å².